The number of rotatable bonds is 7. The third-order valence-electron chi connectivity index (χ3n) is 2.85. The first-order chi connectivity index (χ1) is 10.9. The van der Waals surface area contributed by atoms with Gasteiger partial charge < -0.3 is 0 Å². The minimum absolute atomic E-state index is 0.0355. The van der Waals surface area contributed by atoms with Gasteiger partial charge in [-0.2, -0.15) is 0 Å². The Morgan fingerprint density at radius 2 is 1.83 bits per heavy atom. The van der Waals surface area contributed by atoms with E-state index in [-0.39, 0.29) is 10.6 Å². The van der Waals surface area contributed by atoms with E-state index in [4.69, 9.17) is 0 Å². The molecular weight excluding hydrogens is 336 g/mol. The van der Waals surface area contributed by atoms with Gasteiger partial charge in [0, 0.05) is 22.8 Å². The zero-order chi connectivity index (χ0) is 16.9. The molecule has 0 heterocycles. The number of nitro groups is 1. The molecule has 8 heteroatoms. The van der Waals surface area contributed by atoms with Crippen LogP contribution in [0.2, 0.25) is 0 Å². The normalized spacial score (nSPS) is 11.0. The first-order valence-corrected chi connectivity index (χ1v) is 9.01. The Kier molecular flexibility index (Phi) is 5.41. The predicted octanol–water partition coefficient (Wildman–Crippen LogP) is 3.67. The third kappa shape index (κ3) is 4.33. The number of para-hydroxylation sites is 1. The van der Waals surface area contributed by atoms with Gasteiger partial charge in [-0.05, 0) is 24.3 Å². The number of nitrogens with zero attached hydrogens (tertiary/aromatic N) is 1. The van der Waals surface area contributed by atoms with Crippen molar-refractivity contribution in [2.24, 2.45) is 0 Å². The van der Waals surface area contributed by atoms with E-state index in [0.717, 1.165) is 17.0 Å². The summed E-state index contributed by atoms with van der Waals surface area (Å²) in [7, 11) is -3.82. The number of hydrogen-bond acceptors (Lipinski definition) is 5. The predicted molar refractivity (Wildman–Crippen MR) is 91.3 cm³/mol. The van der Waals surface area contributed by atoms with Crippen molar-refractivity contribution < 1.29 is 13.3 Å². The number of non-ortho nitro benzene ring substituents is 1. The standard InChI is InChI=1S/C15H14N2O4S2/c1-2-11-22-15-6-4-3-5-14(15)16-23(20,21)13-9-7-12(8-10-13)17(18)19/h2-10,16H,1,11H2. The van der Waals surface area contributed by atoms with Crippen LogP contribution in [-0.4, -0.2) is 19.1 Å². The molecule has 0 aromatic heterocycles. The zero-order valence-electron chi connectivity index (χ0n) is 12.0. The van der Waals surface area contributed by atoms with Crippen molar-refractivity contribution >= 4 is 33.2 Å². The summed E-state index contributed by atoms with van der Waals surface area (Å²) in [5.74, 6) is 0.649. The Morgan fingerprint density at radius 3 is 2.43 bits per heavy atom. The fraction of sp³-hybridized carbons (Fsp3) is 0.0667. The number of thioether (sulfide) groups is 1. The largest absolute Gasteiger partial charge is 0.278 e. The van der Waals surface area contributed by atoms with E-state index in [1.807, 2.05) is 12.1 Å². The average molecular weight is 350 g/mol. The number of anilines is 1. The molecule has 0 fully saturated rings. The molecule has 0 aliphatic heterocycles. The molecule has 0 spiro atoms. The van der Waals surface area contributed by atoms with Gasteiger partial charge in [-0.3, -0.25) is 14.8 Å². The van der Waals surface area contributed by atoms with E-state index in [0.29, 0.717) is 11.4 Å². The quantitative estimate of drug-likeness (QED) is 0.356. The van der Waals surface area contributed by atoms with Crippen LogP contribution in [0.25, 0.3) is 0 Å². The van der Waals surface area contributed by atoms with Crippen LogP contribution < -0.4 is 4.72 Å². The van der Waals surface area contributed by atoms with Crippen LogP contribution in [0, 0.1) is 10.1 Å². The van der Waals surface area contributed by atoms with Crippen molar-refractivity contribution in [2.45, 2.75) is 9.79 Å². The van der Waals surface area contributed by atoms with Gasteiger partial charge in [0.15, 0.2) is 0 Å². The lowest BCUT2D eigenvalue weighted by Crippen LogP contribution is -2.13. The van der Waals surface area contributed by atoms with Crippen LogP contribution in [0.1, 0.15) is 0 Å². The molecule has 0 atom stereocenters. The molecule has 0 aliphatic rings. The maximum absolute atomic E-state index is 12.4. The average Bonchev–Trinajstić information content (AvgIpc) is 2.54. The Hall–Kier alpha value is -2.32. The molecule has 0 bridgehead atoms. The molecule has 0 radical (unpaired) electrons. The maximum atomic E-state index is 12.4. The van der Waals surface area contributed by atoms with Crippen LogP contribution in [0.3, 0.4) is 0 Å². The molecule has 0 saturated carbocycles. The molecule has 0 aliphatic carbocycles. The Bertz CT molecular complexity index is 818. The summed E-state index contributed by atoms with van der Waals surface area (Å²) in [6.45, 7) is 3.64. The summed E-state index contributed by atoms with van der Waals surface area (Å²) in [5, 5.41) is 10.6. The third-order valence-corrected chi connectivity index (χ3v) is 5.30. The first-order valence-electron chi connectivity index (χ1n) is 6.54. The summed E-state index contributed by atoms with van der Waals surface area (Å²) < 4.78 is 27.3. The number of nitro benzene ring substituents is 1. The topological polar surface area (TPSA) is 89.3 Å². The van der Waals surface area contributed by atoms with Gasteiger partial charge in [0.2, 0.25) is 0 Å². The highest BCUT2D eigenvalue weighted by molar-refractivity contribution is 7.99. The van der Waals surface area contributed by atoms with E-state index >= 15 is 0 Å². The van der Waals surface area contributed by atoms with Gasteiger partial charge in [0.25, 0.3) is 15.7 Å². The number of nitrogens with one attached hydrogen (secondary N) is 1. The van der Waals surface area contributed by atoms with Gasteiger partial charge in [-0.1, -0.05) is 18.2 Å². The second-order valence-corrected chi connectivity index (χ2v) is 7.20. The second kappa shape index (κ2) is 7.30. The molecule has 2 rings (SSSR count). The fourth-order valence-corrected chi connectivity index (χ4v) is 3.67. The van der Waals surface area contributed by atoms with Gasteiger partial charge >= 0.3 is 0 Å². The monoisotopic (exact) mass is 350 g/mol. The molecular formula is C15H14N2O4S2. The zero-order valence-corrected chi connectivity index (χ0v) is 13.6. The van der Waals surface area contributed by atoms with Crippen LogP contribution in [-0.2, 0) is 10.0 Å². The number of hydrogen-bond donors (Lipinski definition) is 1. The number of sulfonamides is 1. The van der Waals surface area contributed by atoms with Crippen LogP contribution in [0.15, 0.2) is 71.0 Å². The highest BCUT2D eigenvalue weighted by atomic mass is 32.2. The molecule has 23 heavy (non-hydrogen) atoms. The Labute approximate surface area is 138 Å². The van der Waals surface area contributed by atoms with Crippen LogP contribution in [0.4, 0.5) is 11.4 Å². The van der Waals surface area contributed by atoms with Crippen molar-refractivity contribution in [1.29, 1.82) is 0 Å². The lowest BCUT2D eigenvalue weighted by atomic mass is 10.3. The summed E-state index contributed by atoms with van der Waals surface area (Å²) in [6, 6.07) is 11.7. The van der Waals surface area contributed by atoms with Gasteiger partial charge in [0.05, 0.1) is 15.5 Å². The molecule has 2 aromatic rings. The van der Waals surface area contributed by atoms with E-state index in [1.54, 1.807) is 18.2 Å². The van der Waals surface area contributed by atoms with Gasteiger partial charge in [-0.15, -0.1) is 18.3 Å². The highest BCUT2D eigenvalue weighted by Gasteiger charge is 2.17. The summed E-state index contributed by atoms with van der Waals surface area (Å²) >= 11 is 1.45. The summed E-state index contributed by atoms with van der Waals surface area (Å²) in [4.78, 5) is 10.8. The SMILES string of the molecule is C=CCSc1ccccc1NS(=O)(=O)c1ccc([N+](=O)[O-])cc1. The maximum Gasteiger partial charge on any atom is 0.269 e. The molecule has 6 nitrogen and oxygen atoms in total. The lowest BCUT2D eigenvalue weighted by Gasteiger charge is -2.11. The van der Waals surface area contributed by atoms with Crippen molar-refractivity contribution in [3.8, 4) is 0 Å². The minimum atomic E-state index is -3.82. The Morgan fingerprint density at radius 1 is 1.17 bits per heavy atom. The highest BCUT2D eigenvalue weighted by Crippen LogP contribution is 2.29. The van der Waals surface area contributed by atoms with Crippen molar-refractivity contribution in [2.75, 3.05) is 10.5 Å². The molecule has 0 saturated heterocycles. The van der Waals surface area contributed by atoms with E-state index in [1.165, 1.54) is 23.9 Å². The minimum Gasteiger partial charge on any atom is -0.278 e. The van der Waals surface area contributed by atoms with E-state index < -0.39 is 14.9 Å². The number of benzene rings is 2. The van der Waals surface area contributed by atoms with Gasteiger partial charge in [0.1, 0.15) is 0 Å². The fourth-order valence-electron chi connectivity index (χ4n) is 1.78. The van der Waals surface area contributed by atoms with E-state index in [2.05, 4.69) is 11.3 Å². The summed E-state index contributed by atoms with van der Waals surface area (Å²) in [6.07, 6.45) is 1.73. The van der Waals surface area contributed by atoms with Crippen molar-refractivity contribution in [3.05, 3.63) is 71.3 Å². The molecule has 0 unspecified atom stereocenters. The lowest BCUT2D eigenvalue weighted by molar-refractivity contribution is -0.384. The van der Waals surface area contributed by atoms with Crippen LogP contribution in [0.5, 0.6) is 0 Å². The summed E-state index contributed by atoms with van der Waals surface area (Å²) in [5.41, 5.74) is 0.295. The Balaban J connectivity index is 2.27. The molecule has 2 aromatic carbocycles. The van der Waals surface area contributed by atoms with Gasteiger partial charge in [-0.25, -0.2) is 8.42 Å². The second-order valence-electron chi connectivity index (χ2n) is 4.45. The first kappa shape index (κ1) is 17.0. The molecule has 0 amide bonds. The smallest absolute Gasteiger partial charge is 0.269 e. The van der Waals surface area contributed by atoms with E-state index in [9.17, 15) is 18.5 Å². The van der Waals surface area contributed by atoms with Crippen molar-refractivity contribution in [3.63, 3.8) is 0 Å². The molecule has 1 N–H and O–H groups in total. The molecule has 120 valence electrons. The van der Waals surface area contributed by atoms with Crippen LogP contribution >= 0.6 is 11.8 Å². The van der Waals surface area contributed by atoms with Crippen molar-refractivity contribution in [1.82, 2.24) is 0 Å².